The molecule has 2 rings (SSSR count). The number of nitrogens with one attached hydrogen (secondary N) is 1. The second-order valence-electron chi connectivity index (χ2n) is 3.59. The minimum absolute atomic E-state index is 0.0189. The molecule has 0 aliphatic heterocycles. The number of carbonyl (C=O) groups is 1. The molecule has 0 saturated carbocycles. The summed E-state index contributed by atoms with van der Waals surface area (Å²) in [6.07, 6.45) is 0. The Labute approximate surface area is 116 Å². The van der Waals surface area contributed by atoms with Crippen molar-refractivity contribution in [1.29, 1.82) is 0 Å². The molecule has 0 aliphatic carbocycles. The van der Waals surface area contributed by atoms with Crippen molar-refractivity contribution >= 4 is 44.7 Å². The molecule has 0 atom stereocenters. The van der Waals surface area contributed by atoms with Gasteiger partial charge in [0.15, 0.2) is 4.70 Å². The van der Waals surface area contributed by atoms with Crippen LogP contribution in [0.3, 0.4) is 0 Å². The molecule has 0 bridgehead atoms. The highest BCUT2D eigenvalue weighted by Gasteiger charge is 2.28. The predicted octanol–water partition coefficient (Wildman–Crippen LogP) is 1.85. The number of carbonyl (C=O) groups excluding carboxylic acids is 1. The van der Waals surface area contributed by atoms with E-state index in [1.165, 1.54) is 6.07 Å². The third-order valence-corrected chi connectivity index (χ3v) is 3.73. The number of nitro groups is 1. The molecule has 0 unspecified atom stereocenters. The van der Waals surface area contributed by atoms with Gasteiger partial charge in [-0.25, -0.2) is 0 Å². The lowest BCUT2D eigenvalue weighted by atomic mass is 10.3. The summed E-state index contributed by atoms with van der Waals surface area (Å²) in [5.74, 6) is -0.566. The Morgan fingerprint density at radius 1 is 1.58 bits per heavy atom. The average Bonchev–Trinajstić information content (AvgIpc) is 2.66. The van der Waals surface area contributed by atoms with Crippen LogP contribution in [0.2, 0.25) is 5.02 Å². The molecule has 2 aromatic rings. The molecule has 0 spiro atoms. The van der Waals surface area contributed by atoms with Gasteiger partial charge in [-0.2, -0.15) is 0 Å². The number of hydrogen-bond acceptors (Lipinski definition) is 5. The van der Waals surface area contributed by atoms with Crippen molar-refractivity contribution in [2.45, 2.75) is 6.92 Å². The van der Waals surface area contributed by atoms with E-state index in [-0.39, 0.29) is 25.9 Å². The third-order valence-electron chi connectivity index (χ3n) is 2.34. The topological polar surface area (TPSA) is 99.2 Å². The van der Waals surface area contributed by atoms with E-state index in [1.807, 2.05) is 0 Å². The number of thiazole rings is 1. The number of amides is 1. The SMILES string of the molecule is CCNC(=O)c1sc2c([N+](=O)[O-])cc(Cl)cc2[n+]1[O-]. The van der Waals surface area contributed by atoms with E-state index in [9.17, 15) is 20.1 Å². The molecule has 1 heterocycles. The van der Waals surface area contributed by atoms with Gasteiger partial charge in [-0.1, -0.05) is 11.6 Å². The summed E-state index contributed by atoms with van der Waals surface area (Å²) in [5.41, 5.74) is -0.266. The molecular formula is C10H8ClN3O4S. The fourth-order valence-electron chi connectivity index (χ4n) is 1.58. The largest absolute Gasteiger partial charge is 0.617 e. The number of fused-ring (bicyclic) bond motifs is 1. The number of hydrogen-bond donors (Lipinski definition) is 1. The van der Waals surface area contributed by atoms with Crippen molar-refractivity contribution in [3.8, 4) is 0 Å². The third kappa shape index (κ3) is 2.32. The van der Waals surface area contributed by atoms with Gasteiger partial charge < -0.3 is 10.5 Å². The van der Waals surface area contributed by atoms with Crippen molar-refractivity contribution < 1.29 is 14.4 Å². The van der Waals surface area contributed by atoms with Gasteiger partial charge in [0.05, 0.1) is 9.95 Å². The lowest BCUT2D eigenvalue weighted by Gasteiger charge is -1.98. The molecule has 0 saturated heterocycles. The Balaban J connectivity index is 2.72. The van der Waals surface area contributed by atoms with Crippen LogP contribution in [0.1, 0.15) is 16.7 Å². The fraction of sp³-hybridized carbons (Fsp3) is 0.200. The molecule has 1 aromatic heterocycles. The highest BCUT2D eigenvalue weighted by Crippen LogP contribution is 2.32. The molecule has 0 fully saturated rings. The van der Waals surface area contributed by atoms with E-state index in [4.69, 9.17) is 11.6 Å². The van der Waals surface area contributed by atoms with Gasteiger partial charge in [0.2, 0.25) is 5.52 Å². The van der Waals surface area contributed by atoms with Crippen LogP contribution < -0.4 is 10.0 Å². The number of nitro benzene ring substituents is 1. The number of rotatable bonds is 3. The number of benzene rings is 1. The molecule has 7 nitrogen and oxygen atoms in total. The van der Waals surface area contributed by atoms with E-state index >= 15 is 0 Å². The zero-order chi connectivity index (χ0) is 14.2. The summed E-state index contributed by atoms with van der Waals surface area (Å²) >= 11 is 6.51. The monoisotopic (exact) mass is 301 g/mol. The average molecular weight is 302 g/mol. The molecule has 0 radical (unpaired) electrons. The number of halogens is 1. The van der Waals surface area contributed by atoms with E-state index in [1.54, 1.807) is 6.92 Å². The van der Waals surface area contributed by atoms with Crippen LogP contribution in [-0.2, 0) is 0 Å². The van der Waals surface area contributed by atoms with Crippen LogP contribution in [-0.4, -0.2) is 17.4 Å². The quantitative estimate of drug-likeness (QED) is 0.404. The molecule has 100 valence electrons. The first-order valence-corrected chi connectivity index (χ1v) is 6.43. The molecule has 0 aliphatic rings. The van der Waals surface area contributed by atoms with Crippen molar-refractivity contribution in [3.05, 3.63) is 37.5 Å². The summed E-state index contributed by atoms with van der Waals surface area (Å²) in [4.78, 5) is 22.0. The molecule has 1 aromatic carbocycles. The smallest absolute Gasteiger partial charge is 0.340 e. The van der Waals surface area contributed by atoms with Crippen molar-refractivity contribution in [2.24, 2.45) is 0 Å². The van der Waals surface area contributed by atoms with Crippen molar-refractivity contribution in [1.82, 2.24) is 5.32 Å². The van der Waals surface area contributed by atoms with Gasteiger partial charge in [0, 0.05) is 18.7 Å². The summed E-state index contributed by atoms with van der Waals surface area (Å²) < 4.78 is 0.495. The first-order chi connectivity index (χ1) is 8.95. The molecule has 1 N–H and O–H groups in total. The normalized spacial score (nSPS) is 10.6. The minimum Gasteiger partial charge on any atom is -0.617 e. The van der Waals surface area contributed by atoms with Crippen LogP contribution in [0.25, 0.3) is 10.2 Å². The first-order valence-electron chi connectivity index (χ1n) is 5.24. The van der Waals surface area contributed by atoms with Crippen LogP contribution in [0.15, 0.2) is 12.1 Å². The van der Waals surface area contributed by atoms with Gasteiger partial charge >= 0.3 is 10.9 Å². The standard InChI is InChI=1S/C10H8ClN3O4S/c1-2-12-9(15)10-13(16)6-3-5(11)4-7(14(17)18)8(6)19-10/h3-4H,2H2,1H3,(H,12,15). The molecule has 9 heteroatoms. The number of non-ortho nitro benzene ring substituents is 1. The number of aromatic nitrogens is 1. The summed E-state index contributed by atoms with van der Waals surface area (Å²) in [5, 5.41) is 25.3. The van der Waals surface area contributed by atoms with Crippen molar-refractivity contribution in [3.63, 3.8) is 0 Å². The van der Waals surface area contributed by atoms with E-state index in [0.717, 1.165) is 17.4 Å². The Kier molecular flexibility index (Phi) is 3.54. The lowest BCUT2D eigenvalue weighted by molar-refractivity contribution is -0.574. The highest BCUT2D eigenvalue weighted by molar-refractivity contribution is 7.20. The Morgan fingerprint density at radius 3 is 2.84 bits per heavy atom. The van der Waals surface area contributed by atoms with E-state index in [2.05, 4.69) is 5.32 Å². The Hall–Kier alpha value is -1.93. The summed E-state index contributed by atoms with van der Waals surface area (Å²) in [6, 6.07) is 2.46. The molecular weight excluding hydrogens is 294 g/mol. The Morgan fingerprint density at radius 2 is 2.26 bits per heavy atom. The molecule has 1 amide bonds. The lowest BCUT2D eigenvalue weighted by Crippen LogP contribution is -2.36. The maximum Gasteiger partial charge on any atom is 0.340 e. The molecule has 19 heavy (non-hydrogen) atoms. The van der Waals surface area contributed by atoms with Gasteiger partial charge in [0.25, 0.3) is 5.69 Å². The van der Waals surface area contributed by atoms with Crippen molar-refractivity contribution in [2.75, 3.05) is 6.54 Å². The zero-order valence-corrected chi connectivity index (χ0v) is 11.2. The highest BCUT2D eigenvalue weighted by atomic mass is 35.5. The second-order valence-corrected chi connectivity index (χ2v) is 5.03. The second kappa shape index (κ2) is 4.98. The predicted molar refractivity (Wildman–Crippen MR) is 70.5 cm³/mol. The van der Waals surface area contributed by atoms with E-state index in [0.29, 0.717) is 11.3 Å². The van der Waals surface area contributed by atoms with Gasteiger partial charge in [-0.05, 0) is 18.3 Å². The fourth-order valence-corrected chi connectivity index (χ4v) is 2.81. The Bertz CT molecular complexity index is 685. The van der Waals surface area contributed by atoms with Gasteiger partial charge in [0.1, 0.15) is 0 Å². The van der Waals surface area contributed by atoms with Crippen LogP contribution in [0.4, 0.5) is 5.69 Å². The number of nitrogens with zero attached hydrogens (tertiary/aromatic N) is 2. The zero-order valence-electron chi connectivity index (χ0n) is 9.68. The first kappa shape index (κ1) is 13.5. The van der Waals surface area contributed by atoms with Crippen LogP contribution >= 0.6 is 22.9 Å². The van der Waals surface area contributed by atoms with Gasteiger partial charge in [-0.3, -0.25) is 14.9 Å². The van der Waals surface area contributed by atoms with Crippen LogP contribution in [0, 0.1) is 15.3 Å². The summed E-state index contributed by atoms with van der Waals surface area (Å²) in [6.45, 7) is 2.07. The maximum atomic E-state index is 12.0. The minimum atomic E-state index is -0.633. The summed E-state index contributed by atoms with van der Waals surface area (Å²) in [7, 11) is 0. The maximum absolute atomic E-state index is 12.0. The van der Waals surface area contributed by atoms with Crippen LogP contribution in [0.5, 0.6) is 0 Å². The van der Waals surface area contributed by atoms with E-state index < -0.39 is 10.8 Å². The van der Waals surface area contributed by atoms with Gasteiger partial charge in [-0.15, -0.1) is 4.73 Å².